The number of fused-ring (bicyclic) bond motifs is 3. The third-order valence-corrected chi connectivity index (χ3v) is 5.65. The average molecular weight is 398 g/mol. The number of esters is 1. The second kappa shape index (κ2) is 6.68. The Bertz CT molecular complexity index is 828. The Kier molecular flexibility index (Phi) is 4.38. The van der Waals surface area contributed by atoms with Crippen LogP contribution >= 0.6 is 15.9 Å². The van der Waals surface area contributed by atoms with Crippen LogP contribution in [0.15, 0.2) is 59.1 Å². The number of para-hydroxylation sites is 1. The zero-order valence-corrected chi connectivity index (χ0v) is 15.6. The predicted molar refractivity (Wildman–Crippen MR) is 103 cm³/mol. The molecular weight excluding hydrogens is 378 g/mol. The molecule has 0 radical (unpaired) electrons. The highest BCUT2D eigenvalue weighted by atomic mass is 79.9. The molecule has 0 bridgehead atoms. The van der Waals surface area contributed by atoms with E-state index in [-0.39, 0.29) is 12.0 Å². The number of hydrogen-bond acceptors (Lipinski definition) is 3. The molecule has 1 N–H and O–H groups in total. The fourth-order valence-electron chi connectivity index (χ4n) is 4.00. The molecule has 4 rings (SSSR count). The van der Waals surface area contributed by atoms with Crippen LogP contribution in [-0.4, -0.2) is 12.6 Å². The van der Waals surface area contributed by atoms with Gasteiger partial charge in [-0.25, -0.2) is 4.79 Å². The topological polar surface area (TPSA) is 38.3 Å². The summed E-state index contributed by atoms with van der Waals surface area (Å²) >= 11 is 3.51. The van der Waals surface area contributed by atoms with Gasteiger partial charge in [-0.1, -0.05) is 52.3 Å². The van der Waals surface area contributed by atoms with E-state index in [4.69, 9.17) is 4.74 Å². The van der Waals surface area contributed by atoms with Gasteiger partial charge >= 0.3 is 5.97 Å². The monoisotopic (exact) mass is 397 g/mol. The van der Waals surface area contributed by atoms with Crippen molar-refractivity contribution >= 4 is 27.6 Å². The third kappa shape index (κ3) is 2.89. The second-order valence-corrected chi connectivity index (χ2v) is 7.43. The quantitative estimate of drug-likeness (QED) is 0.552. The highest BCUT2D eigenvalue weighted by Gasteiger charge is 2.39. The highest BCUT2D eigenvalue weighted by molar-refractivity contribution is 9.10. The molecule has 0 amide bonds. The average Bonchev–Trinajstić information content (AvgIpc) is 3.11. The molecule has 128 valence electrons. The summed E-state index contributed by atoms with van der Waals surface area (Å²) < 4.78 is 6.33. The molecule has 1 aliphatic heterocycles. The minimum absolute atomic E-state index is 0.177. The van der Waals surface area contributed by atoms with Crippen molar-refractivity contribution in [3.8, 4) is 0 Å². The van der Waals surface area contributed by atoms with Gasteiger partial charge in [0, 0.05) is 10.4 Å². The smallest absolute Gasteiger partial charge is 0.340 e. The molecule has 0 spiro atoms. The maximum Gasteiger partial charge on any atom is 0.340 e. The van der Waals surface area contributed by atoms with Gasteiger partial charge in [-0.3, -0.25) is 0 Å². The van der Waals surface area contributed by atoms with E-state index in [0.29, 0.717) is 24.0 Å². The second-order valence-electron chi connectivity index (χ2n) is 6.52. The van der Waals surface area contributed by atoms with Crippen LogP contribution in [0, 0.1) is 5.92 Å². The van der Waals surface area contributed by atoms with Gasteiger partial charge in [-0.15, -0.1) is 0 Å². The largest absolute Gasteiger partial charge is 0.462 e. The Balaban J connectivity index is 1.79. The molecule has 0 aromatic heterocycles. The van der Waals surface area contributed by atoms with E-state index in [2.05, 4.69) is 63.7 Å². The van der Waals surface area contributed by atoms with Crippen molar-refractivity contribution in [3.05, 3.63) is 75.8 Å². The number of carbonyl (C=O) groups excluding carboxylic acids is 1. The van der Waals surface area contributed by atoms with Crippen molar-refractivity contribution in [1.82, 2.24) is 0 Å². The minimum atomic E-state index is -0.262. The first kappa shape index (κ1) is 16.4. The normalized spacial score (nSPS) is 23.5. The Morgan fingerprint density at radius 3 is 2.80 bits per heavy atom. The molecule has 0 unspecified atom stereocenters. The first-order valence-corrected chi connectivity index (χ1v) is 9.47. The summed E-state index contributed by atoms with van der Waals surface area (Å²) in [6, 6.07) is 14.5. The lowest BCUT2D eigenvalue weighted by atomic mass is 9.76. The fourth-order valence-corrected chi connectivity index (χ4v) is 4.26. The zero-order chi connectivity index (χ0) is 17.4. The van der Waals surface area contributed by atoms with Crippen LogP contribution in [-0.2, 0) is 4.74 Å². The SMILES string of the molecule is CCOC(=O)c1cccc2c1N[C@@H](c1ccc(Br)cc1)[C@H]1CC=C[C@@H]21. The molecule has 2 aromatic carbocycles. The van der Waals surface area contributed by atoms with Crippen LogP contribution < -0.4 is 5.32 Å². The van der Waals surface area contributed by atoms with Crippen molar-refractivity contribution in [3.63, 3.8) is 0 Å². The molecule has 4 heteroatoms. The van der Waals surface area contributed by atoms with Crippen LogP contribution in [0.4, 0.5) is 5.69 Å². The number of benzene rings is 2. The van der Waals surface area contributed by atoms with E-state index in [1.807, 2.05) is 19.1 Å². The Hall–Kier alpha value is -2.07. The van der Waals surface area contributed by atoms with Gasteiger partial charge < -0.3 is 10.1 Å². The van der Waals surface area contributed by atoms with E-state index >= 15 is 0 Å². The Labute approximate surface area is 156 Å². The predicted octanol–water partition coefficient (Wildman–Crippen LogP) is 5.45. The zero-order valence-electron chi connectivity index (χ0n) is 14.0. The number of hydrogen-bond donors (Lipinski definition) is 1. The van der Waals surface area contributed by atoms with E-state index in [0.717, 1.165) is 16.6 Å². The number of nitrogens with one attached hydrogen (secondary N) is 1. The van der Waals surface area contributed by atoms with Crippen molar-refractivity contribution < 1.29 is 9.53 Å². The Morgan fingerprint density at radius 1 is 1.24 bits per heavy atom. The molecule has 0 fully saturated rings. The lowest BCUT2D eigenvalue weighted by Crippen LogP contribution is -2.30. The summed E-state index contributed by atoms with van der Waals surface area (Å²) in [5.41, 5.74) is 3.98. The standard InChI is InChI=1S/C21H20BrNO2/c1-2-25-21(24)18-8-4-7-17-15-5-3-6-16(15)19(23-20(17)18)13-9-11-14(22)12-10-13/h3-5,7-12,15-16,19,23H,2,6H2,1H3/t15-,16+,19+/m1/s1. The minimum Gasteiger partial charge on any atom is -0.462 e. The summed E-state index contributed by atoms with van der Waals surface area (Å²) in [6.45, 7) is 2.21. The molecule has 2 aromatic rings. The van der Waals surface area contributed by atoms with Crippen LogP contribution in [0.2, 0.25) is 0 Å². The molecule has 2 aliphatic rings. The summed E-state index contributed by atoms with van der Waals surface area (Å²) in [7, 11) is 0. The molecule has 25 heavy (non-hydrogen) atoms. The maximum absolute atomic E-state index is 12.4. The maximum atomic E-state index is 12.4. The summed E-state index contributed by atoms with van der Waals surface area (Å²) in [6.07, 6.45) is 5.58. The van der Waals surface area contributed by atoms with Gasteiger partial charge in [0.1, 0.15) is 0 Å². The number of rotatable bonds is 3. The molecule has 3 nitrogen and oxygen atoms in total. The number of anilines is 1. The van der Waals surface area contributed by atoms with E-state index in [1.54, 1.807) is 0 Å². The van der Waals surface area contributed by atoms with Crippen molar-refractivity contribution in [2.75, 3.05) is 11.9 Å². The van der Waals surface area contributed by atoms with Gasteiger partial charge in [0.05, 0.1) is 23.9 Å². The van der Waals surface area contributed by atoms with Crippen molar-refractivity contribution in [1.29, 1.82) is 0 Å². The molecule has 0 saturated heterocycles. The first-order valence-electron chi connectivity index (χ1n) is 8.67. The summed E-state index contributed by atoms with van der Waals surface area (Å²) in [4.78, 5) is 12.4. The molecular formula is C21H20BrNO2. The van der Waals surface area contributed by atoms with Crippen molar-refractivity contribution in [2.45, 2.75) is 25.3 Å². The molecule has 1 heterocycles. The number of allylic oxidation sites excluding steroid dienone is 2. The highest BCUT2D eigenvalue weighted by Crippen LogP contribution is 2.50. The fraction of sp³-hybridized carbons (Fsp3) is 0.286. The molecule has 3 atom stereocenters. The summed E-state index contributed by atoms with van der Waals surface area (Å²) in [5.74, 6) is 0.534. The van der Waals surface area contributed by atoms with Crippen LogP contribution in [0.3, 0.4) is 0 Å². The van der Waals surface area contributed by atoms with Crippen molar-refractivity contribution in [2.24, 2.45) is 5.92 Å². The lowest BCUT2D eigenvalue weighted by molar-refractivity contribution is 0.0527. The lowest BCUT2D eigenvalue weighted by Gasteiger charge is -2.38. The van der Waals surface area contributed by atoms with Crippen LogP contribution in [0.1, 0.15) is 46.8 Å². The first-order chi connectivity index (χ1) is 12.2. The third-order valence-electron chi connectivity index (χ3n) is 5.12. The van der Waals surface area contributed by atoms with Crippen LogP contribution in [0.25, 0.3) is 0 Å². The molecule has 0 saturated carbocycles. The van der Waals surface area contributed by atoms with E-state index in [1.165, 1.54) is 11.1 Å². The number of carbonyl (C=O) groups is 1. The van der Waals surface area contributed by atoms with Crippen LogP contribution in [0.5, 0.6) is 0 Å². The van der Waals surface area contributed by atoms with Gasteiger partial charge in [0.15, 0.2) is 0 Å². The number of ether oxygens (including phenoxy) is 1. The Morgan fingerprint density at radius 2 is 2.04 bits per heavy atom. The van der Waals surface area contributed by atoms with Gasteiger partial charge in [0.2, 0.25) is 0 Å². The number of halogens is 1. The summed E-state index contributed by atoms with van der Waals surface area (Å²) in [5, 5.41) is 3.66. The van der Waals surface area contributed by atoms with Gasteiger partial charge in [0.25, 0.3) is 0 Å². The van der Waals surface area contributed by atoms with E-state index < -0.39 is 0 Å². The van der Waals surface area contributed by atoms with Gasteiger partial charge in [-0.2, -0.15) is 0 Å². The van der Waals surface area contributed by atoms with E-state index in [9.17, 15) is 4.79 Å². The van der Waals surface area contributed by atoms with Gasteiger partial charge in [-0.05, 0) is 48.6 Å². The molecule has 1 aliphatic carbocycles.